The van der Waals surface area contributed by atoms with Gasteiger partial charge < -0.3 is 15.0 Å². The van der Waals surface area contributed by atoms with Crippen molar-refractivity contribution in [2.75, 3.05) is 5.32 Å². The second-order valence-electron chi connectivity index (χ2n) is 7.71. The zero-order valence-corrected chi connectivity index (χ0v) is 18.5. The predicted octanol–water partition coefficient (Wildman–Crippen LogP) is 5.14. The van der Waals surface area contributed by atoms with Gasteiger partial charge in [-0.3, -0.25) is 9.48 Å². The van der Waals surface area contributed by atoms with E-state index >= 15 is 0 Å². The van der Waals surface area contributed by atoms with Gasteiger partial charge in [-0.2, -0.15) is 18.3 Å². The van der Waals surface area contributed by atoms with E-state index in [2.05, 4.69) is 10.4 Å². The van der Waals surface area contributed by atoms with E-state index in [9.17, 15) is 27.9 Å². The van der Waals surface area contributed by atoms with Crippen LogP contribution >= 0.6 is 23.2 Å². The van der Waals surface area contributed by atoms with Crippen molar-refractivity contribution >= 4 is 34.9 Å². The Bertz CT molecular complexity index is 1260. The number of nitrogens with zero attached hydrogens (tertiary/aromatic N) is 3. The lowest BCUT2D eigenvalue weighted by atomic mass is 9.95. The Balaban J connectivity index is 1.97. The smallest absolute Gasteiger partial charge is 0.435 e. The molecule has 1 atom stereocenters. The monoisotopic (exact) mass is 500 g/mol. The number of aromatic nitrogens is 3. The Labute approximate surface area is 195 Å². The van der Waals surface area contributed by atoms with Gasteiger partial charge in [0.1, 0.15) is 5.02 Å². The molecule has 2 N–H and O–H groups in total. The van der Waals surface area contributed by atoms with E-state index in [4.69, 9.17) is 23.2 Å². The zero-order valence-electron chi connectivity index (χ0n) is 17.0. The number of aromatic carboxylic acids is 1. The topological polar surface area (TPSA) is 89.2 Å². The van der Waals surface area contributed by atoms with Crippen LogP contribution in [-0.4, -0.2) is 25.4 Å². The number of aryl methyl sites for hydroxylation is 1. The highest BCUT2D eigenvalue weighted by atomic mass is 35.5. The van der Waals surface area contributed by atoms with Gasteiger partial charge in [-0.25, -0.2) is 4.79 Å². The summed E-state index contributed by atoms with van der Waals surface area (Å²) in [5, 5.41) is 16.7. The minimum atomic E-state index is -4.91. The molecule has 1 aliphatic carbocycles. The number of halogens is 5. The molecule has 0 bridgehead atoms. The van der Waals surface area contributed by atoms with Crippen molar-refractivity contribution in [3.63, 3.8) is 0 Å². The molecule has 0 spiro atoms. The summed E-state index contributed by atoms with van der Waals surface area (Å²) in [6.45, 7) is 0. The van der Waals surface area contributed by atoms with E-state index in [1.807, 2.05) is 0 Å². The molecule has 174 valence electrons. The molecular weight excluding hydrogens is 484 g/mol. The molecule has 1 fully saturated rings. The van der Waals surface area contributed by atoms with Crippen LogP contribution < -0.4 is 10.9 Å². The summed E-state index contributed by atoms with van der Waals surface area (Å²) in [5.74, 6) is -1.53. The zero-order chi connectivity index (χ0) is 24.1. The van der Waals surface area contributed by atoms with Crippen LogP contribution in [0.5, 0.6) is 0 Å². The van der Waals surface area contributed by atoms with E-state index in [1.54, 1.807) is 0 Å². The van der Waals surface area contributed by atoms with Crippen molar-refractivity contribution in [3.8, 4) is 0 Å². The highest BCUT2D eigenvalue weighted by Gasteiger charge is 2.45. The largest absolute Gasteiger partial charge is 0.477 e. The highest BCUT2D eigenvalue weighted by molar-refractivity contribution is 6.30. The fourth-order valence-electron chi connectivity index (χ4n) is 3.62. The Morgan fingerprint density at radius 1 is 1.24 bits per heavy atom. The fraction of sp³-hybridized carbons (Fsp3) is 0.286. The number of rotatable bonds is 6. The first-order valence-electron chi connectivity index (χ1n) is 9.78. The fourth-order valence-corrected chi connectivity index (χ4v) is 4.00. The van der Waals surface area contributed by atoms with Crippen molar-refractivity contribution in [1.82, 2.24) is 14.3 Å². The number of carboxylic acids is 1. The number of benzene rings is 1. The van der Waals surface area contributed by atoms with Crippen molar-refractivity contribution in [2.45, 2.75) is 31.1 Å². The third-order valence-electron chi connectivity index (χ3n) is 5.25. The third-order valence-corrected chi connectivity index (χ3v) is 5.78. The SMILES string of the molecule is Cn1cc(NC(c2ccc(Cl)cc2)c2c(C(F)(F)F)nn(C3CC3)c2C(=O)O)cc(Cl)c1=O. The van der Waals surface area contributed by atoms with Crippen LogP contribution in [0.2, 0.25) is 10.0 Å². The number of anilines is 1. The summed E-state index contributed by atoms with van der Waals surface area (Å²) < 4.78 is 44.3. The van der Waals surface area contributed by atoms with E-state index in [0.29, 0.717) is 23.4 Å². The quantitative estimate of drug-likeness (QED) is 0.488. The normalized spacial score (nSPS) is 14.8. The van der Waals surface area contributed by atoms with Gasteiger partial charge in [0.05, 0.1) is 17.8 Å². The van der Waals surface area contributed by atoms with Crippen molar-refractivity contribution in [1.29, 1.82) is 0 Å². The van der Waals surface area contributed by atoms with Gasteiger partial charge in [0.2, 0.25) is 0 Å². The molecule has 7 nitrogen and oxygen atoms in total. The lowest BCUT2D eigenvalue weighted by molar-refractivity contribution is -0.142. The van der Waals surface area contributed by atoms with Gasteiger partial charge in [-0.1, -0.05) is 35.3 Å². The molecule has 0 saturated heterocycles. The molecular formula is C21H17Cl2F3N4O3. The molecule has 2 heterocycles. The maximum Gasteiger partial charge on any atom is 0.435 e. The molecule has 1 aliphatic rings. The average molecular weight is 501 g/mol. The number of carbonyl (C=O) groups is 1. The second kappa shape index (κ2) is 8.42. The lowest BCUT2D eigenvalue weighted by Crippen LogP contribution is -2.22. The summed E-state index contributed by atoms with van der Waals surface area (Å²) >= 11 is 11.9. The van der Waals surface area contributed by atoms with Crippen LogP contribution in [0.15, 0.2) is 41.3 Å². The van der Waals surface area contributed by atoms with Gasteiger partial charge in [0, 0.05) is 23.8 Å². The highest BCUT2D eigenvalue weighted by Crippen LogP contribution is 2.44. The molecule has 2 aromatic heterocycles. The summed E-state index contributed by atoms with van der Waals surface area (Å²) in [6.07, 6.45) is -2.48. The Hall–Kier alpha value is -2.98. The summed E-state index contributed by atoms with van der Waals surface area (Å²) in [6, 6.07) is 5.52. The van der Waals surface area contributed by atoms with Gasteiger partial charge in [-0.15, -0.1) is 0 Å². The Kier molecular flexibility index (Phi) is 5.92. The average Bonchev–Trinajstić information content (AvgIpc) is 3.49. The first kappa shape index (κ1) is 23.2. The summed E-state index contributed by atoms with van der Waals surface area (Å²) in [5.41, 5.74) is -2.34. The van der Waals surface area contributed by atoms with Crippen LogP contribution in [0.3, 0.4) is 0 Å². The molecule has 1 unspecified atom stereocenters. The molecule has 12 heteroatoms. The second-order valence-corrected chi connectivity index (χ2v) is 8.55. The van der Waals surface area contributed by atoms with Crippen molar-refractivity contribution in [3.05, 3.63) is 79.4 Å². The molecule has 3 aromatic rings. The molecule has 0 radical (unpaired) electrons. The number of pyridine rings is 1. The number of alkyl halides is 3. The minimum Gasteiger partial charge on any atom is -0.477 e. The van der Waals surface area contributed by atoms with Crippen molar-refractivity contribution in [2.24, 2.45) is 7.05 Å². The molecule has 0 aliphatic heterocycles. The lowest BCUT2D eigenvalue weighted by Gasteiger charge is -2.23. The van der Waals surface area contributed by atoms with Gasteiger partial charge in [0.25, 0.3) is 5.56 Å². The van der Waals surface area contributed by atoms with Crippen LogP contribution in [0.25, 0.3) is 0 Å². The number of carboxylic acid groups (broad SMARTS) is 1. The molecule has 0 amide bonds. The molecule has 4 rings (SSSR count). The number of hydrogen-bond acceptors (Lipinski definition) is 4. The Morgan fingerprint density at radius 2 is 1.88 bits per heavy atom. The van der Waals surface area contributed by atoms with Gasteiger partial charge in [-0.05, 0) is 36.6 Å². The van der Waals surface area contributed by atoms with Crippen LogP contribution in [0.1, 0.15) is 52.2 Å². The molecule has 1 saturated carbocycles. The minimum absolute atomic E-state index is 0.152. The van der Waals surface area contributed by atoms with Crippen molar-refractivity contribution < 1.29 is 23.1 Å². The first-order chi connectivity index (χ1) is 15.5. The maximum absolute atomic E-state index is 14.1. The maximum atomic E-state index is 14.1. The van der Waals surface area contributed by atoms with E-state index < -0.39 is 46.7 Å². The first-order valence-corrected chi connectivity index (χ1v) is 10.5. The van der Waals surface area contributed by atoms with Gasteiger partial charge >= 0.3 is 12.1 Å². The third kappa shape index (κ3) is 4.58. The predicted molar refractivity (Wildman–Crippen MR) is 116 cm³/mol. The van der Waals surface area contributed by atoms with Crippen LogP contribution in [-0.2, 0) is 13.2 Å². The van der Waals surface area contributed by atoms with E-state index in [1.165, 1.54) is 48.1 Å². The van der Waals surface area contributed by atoms with Crippen LogP contribution in [0, 0.1) is 0 Å². The summed E-state index contributed by atoms with van der Waals surface area (Å²) in [7, 11) is 1.44. The van der Waals surface area contributed by atoms with Crippen LogP contribution in [0.4, 0.5) is 18.9 Å². The molecule has 33 heavy (non-hydrogen) atoms. The van der Waals surface area contributed by atoms with E-state index in [0.717, 1.165) is 4.68 Å². The van der Waals surface area contributed by atoms with Gasteiger partial charge in [0.15, 0.2) is 11.4 Å². The number of hydrogen-bond donors (Lipinski definition) is 2. The number of nitrogens with one attached hydrogen (secondary N) is 1. The van der Waals surface area contributed by atoms with E-state index in [-0.39, 0.29) is 10.7 Å². The Morgan fingerprint density at radius 3 is 2.39 bits per heavy atom. The summed E-state index contributed by atoms with van der Waals surface area (Å²) in [4.78, 5) is 24.1. The standard InChI is InChI=1S/C21H17Cl2F3N4O3/c1-29-9-12(8-14(23)19(29)31)27-16(10-2-4-11(22)5-3-10)15-17(20(32)33)30(13-6-7-13)28-18(15)21(24,25)26/h2-5,8-9,13,16,27H,6-7H2,1H3,(H,32,33). The molecule has 1 aromatic carbocycles.